The Hall–Kier alpha value is -1.35. The predicted molar refractivity (Wildman–Crippen MR) is 67.3 cm³/mol. The van der Waals surface area contributed by atoms with E-state index in [1.165, 1.54) is 0 Å². The molecule has 0 heterocycles. The van der Waals surface area contributed by atoms with E-state index in [4.69, 9.17) is 5.73 Å². The highest BCUT2D eigenvalue weighted by Crippen LogP contribution is 2.13. The van der Waals surface area contributed by atoms with E-state index in [1.54, 1.807) is 0 Å². The molecule has 1 amide bonds. The second kappa shape index (κ2) is 7.01. The summed E-state index contributed by atoms with van der Waals surface area (Å²) in [6.07, 6.45) is 3.51. The van der Waals surface area contributed by atoms with Crippen molar-refractivity contribution in [2.45, 2.75) is 32.6 Å². The van der Waals surface area contributed by atoms with Crippen LogP contribution in [0.25, 0.3) is 0 Å². The molecular weight excluding hydrogens is 200 g/mol. The maximum absolute atomic E-state index is 11.6. The van der Waals surface area contributed by atoms with Gasteiger partial charge < -0.3 is 11.1 Å². The molecule has 1 aromatic carbocycles. The smallest absolute Gasteiger partial charge is 0.224 e. The first-order chi connectivity index (χ1) is 7.74. The number of hydrogen-bond donors (Lipinski definition) is 2. The summed E-state index contributed by atoms with van der Waals surface area (Å²) in [6.45, 7) is 2.70. The Kier molecular flexibility index (Phi) is 5.57. The maximum atomic E-state index is 11.6. The Labute approximate surface area is 97.0 Å². The fourth-order valence-corrected chi connectivity index (χ4v) is 1.53. The normalized spacial score (nSPS) is 10.1. The van der Waals surface area contributed by atoms with Crippen LogP contribution in [-0.4, -0.2) is 12.5 Å². The summed E-state index contributed by atoms with van der Waals surface area (Å²) >= 11 is 0. The molecule has 1 rings (SSSR count). The lowest BCUT2D eigenvalue weighted by Gasteiger charge is -2.07. The van der Waals surface area contributed by atoms with Crippen LogP contribution in [0.15, 0.2) is 24.3 Å². The minimum Gasteiger partial charge on any atom is -0.330 e. The lowest BCUT2D eigenvalue weighted by Crippen LogP contribution is -2.12. The number of hydrogen-bond acceptors (Lipinski definition) is 2. The molecular formula is C13H20N2O. The average molecular weight is 220 g/mol. The van der Waals surface area contributed by atoms with Crippen molar-refractivity contribution < 1.29 is 4.79 Å². The second-order valence-electron chi connectivity index (χ2n) is 3.96. The van der Waals surface area contributed by atoms with Gasteiger partial charge in [0, 0.05) is 12.1 Å². The van der Waals surface area contributed by atoms with E-state index < -0.39 is 0 Å². The van der Waals surface area contributed by atoms with E-state index in [0.29, 0.717) is 13.0 Å². The average Bonchev–Trinajstić information content (AvgIpc) is 2.28. The Morgan fingerprint density at radius 3 is 2.69 bits per heavy atom. The van der Waals surface area contributed by atoms with Crippen molar-refractivity contribution in [2.24, 2.45) is 5.73 Å². The zero-order chi connectivity index (χ0) is 11.8. The first-order valence-corrected chi connectivity index (χ1v) is 5.79. The molecule has 0 saturated heterocycles. The molecule has 88 valence electrons. The van der Waals surface area contributed by atoms with Crippen LogP contribution in [0.3, 0.4) is 0 Å². The van der Waals surface area contributed by atoms with Gasteiger partial charge in [-0.05, 0) is 37.9 Å². The first-order valence-electron chi connectivity index (χ1n) is 5.79. The van der Waals surface area contributed by atoms with Crippen LogP contribution < -0.4 is 11.1 Å². The van der Waals surface area contributed by atoms with Crippen LogP contribution in [0.4, 0.5) is 5.69 Å². The Morgan fingerprint density at radius 1 is 1.25 bits per heavy atom. The number of unbranched alkanes of at least 4 members (excludes halogenated alkanes) is 2. The van der Waals surface area contributed by atoms with Gasteiger partial charge in [0.15, 0.2) is 0 Å². The fourth-order valence-electron chi connectivity index (χ4n) is 1.53. The van der Waals surface area contributed by atoms with E-state index in [0.717, 1.165) is 30.5 Å². The molecule has 3 heteroatoms. The molecule has 1 aromatic rings. The summed E-state index contributed by atoms with van der Waals surface area (Å²) in [7, 11) is 0. The van der Waals surface area contributed by atoms with E-state index >= 15 is 0 Å². The van der Waals surface area contributed by atoms with Gasteiger partial charge in [0.25, 0.3) is 0 Å². The number of amides is 1. The van der Waals surface area contributed by atoms with Gasteiger partial charge in [0.05, 0.1) is 0 Å². The largest absolute Gasteiger partial charge is 0.330 e. The molecule has 0 aliphatic heterocycles. The molecule has 3 nitrogen and oxygen atoms in total. The lowest BCUT2D eigenvalue weighted by molar-refractivity contribution is -0.116. The van der Waals surface area contributed by atoms with Gasteiger partial charge in [0.2, 0.25) is 5.91 Å². The number of nitrogens with two attached hydrogens (primary N) is 1. The van der Waals surface area contributed by atoms with Gasteiger partial charge in [-0.3, -0.25) is 4.79 Å². The minimum atomic E-state index is 0.0892. The molecule has 0 fully saturated rings. The SMILES string of the molecule is Cc1ccccc1NC(=O)CCCCCN. The molecule has 16 heavy (non-hydrogen) atoms. The maximum Gasteiger partial charge on any atom is 0.224 e. The summed E-state index contributed by atoms with van der Waals surface area (Å²) in [6, 6.07) is 7.81. The second-order valence-corrected chi connectivity index (χ2v) is 3.96. The minimum absolute atomic E-state index is 0.0892. The molecule has 0 aliphatic carbocycles. The Bertz CT molecular complexity index is 336. The van der Waals surface area contributed by atoms with Gasteiger partial charge in [-0.1, -0.05) is 24.6 Å². The fraction of sp³-hybridized carbons (Fsp3) is 0.462. The third kappa shape index (κ3) is 4.45. The third-order valence-corrected chi connectivity index (χ3v) is 2.53. The van der Waals surface area contributed by atoms with Crippen molar-refractivity contribution in [1.29, 1.82) is 0 Å². The highest BCUT2D eigenvalue weighted by molar-refractivity contribution is 5.91. The monoisotopic (exact) mass is 220 g/mol. The molecule has 0 spiro atoms. The molecule has 0 aliphatic rings. The van der Waals surface area contributed by atoms with Gasteiger partial charge in [0.1, 0.15) is 0 Å². The summed E-state index contributed by atoms with van der Waals surface area (Å²) in [5, 5.41) is 2.92. The van der Waals surface area contributed by atoms with Gasteiger partial charge in [-0.2, -0.15) is 0 Å². The van der Waals surface area contributed by atoms with Crippen molar-refractivity contribution in [3.05, 3.63) is 29.8 Å². The van der Waals surface area contributed by atoms with Gasteiger partial charge in [-0.15, -0.1) is 0 Å². The summed E-state index contributed by atoms with van der Waals surface area (Å²) < 4.78 is 0. The van der Waals surface area contributed by atoms with E-state index in [-0.39, 0.29) is 5.91 Å². The molecule has 3 N–H and O–H groups in total. The third-order valence-electron chi connectivity index (χ3n) is 2.53. The lowest BCUT2D eigenvalue weighted by atomic mass is 10.1. The number of anilines is 1. The van der Waals surface area contributed by atoms with Crippen LogP contribution in [0, 0.1) is 6.92 Å². The number of para-hydroxylation sites is 1. The Morgan fingerprint density at radius 2 is 2.00 bits per heavy atom. The van der Waals surface area contributed by atoms with Crippen LogP contribution in [0.2, 0.25) is 0 Å². The van der Waals surface area contributed by atoms with Crippen molar-refractivity contribution in [2.75, 3.05) is 11.9 Å². The van der Waals surface area contributed by atoms with Crippen molar-refractivity contribution in [3.63, 3.8) is 0 Å². The highest BCUT2D eigenvalue weighted by atomic mass is 16.1. The Balaban J connectivity index is 2.32. The van der Waals surface area contributed by atoms with E-state index in [1.807, 2.05) is 31.2 Å². The standard InChI is InChI=1S/C13H20N2O/c1-11-7-4-5-8-12(11)15-13(16)9-3-2-6-10-14/h4-5,7-8H,2-3,6,9-10,14H2,1H3,(H,15,16). The van der Waals surface area contributed by atoms with Crippen LogP contribution in [-0.2, 0) is 4.79 Å². The molecule has 0 bridgehead atoms. The van der Waals surface area contributed by atoms with Crippen LogP contribution >= 0.6 is 0 Å². The topological polar surface area (TPSA) is 55.1 Å². The highest BCUT2D eigenvalue weighted by Gasteiger charge is 2.03. The van der Waals surface area contributed by atoms with Crippen molar-refractivity contribution >= 4 is 11.6 Å². The van der Waals surface area contributed by atoms with E-state index in [2.05, 4.69) is 5.32 Å². The number of aryl methyl sites for hydroxylation is 1. The zero-order valence-corrected chi connectivity index (χ0v) is 9.83. The molecule has 0 aromatic heterocycles. The van der Waals surface area contributed by atoms with E-state index in [9.17, 15) is 4.79 Å². The van der Waals surface area contributed by atoms with Crippen molar-refractivity contribution in [1.82, 2.24) is 0 Å². The van der Waals surface area contributed by atoms with Gasteiger partial charge in [-0.25, -0.2) is 0 Å². The number of benzene rings is 1. The zero-order valence-electron chi connectivity index (χ0n) is 9.83. The summed E-state index contributed by atoms with van der Waals surface area (Å²) in [4.78, 5) is 11.6. The van der Waals surface area contributed by atoms with Gasteiger partial charge >= 0.3 is 0 Å². The quantitative estimate of drug-likeness (QED) is 0.723. The number of rotatable bonds is 6. The predicted octanol–water partition coefficient (Wildman–Crippen LogP) is 2.45. The van der Waals surface area contributed by atoms with Crippen LogP contribution in [0.1, 0.15) is 31.2 Å². The first kappa shape index (κ1) is 12.7. The number of carbonyl (C=O) groups excluding carboxylic acids is 1. The number of carbonyl (C=O) groups is 1. The molecule has 0 saturated carbocycles. The summed E-state index contributed by atoms with van der Waals surface area (Å²) in [5.74, 6) is 0.0892. The van der Waals surface area contributed by atoms with Crippen LogP contribution in [0.5, 0.6) is 0 Å². The number of nitrogens with one attached hydrogen (secondary N) is 1. The molecule has 0 atom stereocenters. The molecule has 0 unspecified atom stereocenters. The summed E-state index contributed by atoms with van der Waals surface area (Å²) in [5.41, 5.74) is 7.39. The molecule has 0 radical (unpaired) electrons. The van der Waals surface area contributed by atoms with Crippen molar-refractivity contribution in [3.8, 4) is 0 Å².